The minimum Gasteiger partial charge on any atom is -0.489 e. The molecule has 1 unspecified atom stereocenters. The minimum atomic E-state index is -0.951. The fourth-order valence-electron chi connectivity index (χ4n) is 4.29. The molecule has 3 aromatic rings. The van der Waals surface area contributed by atoms with Crippen LogP contribution in [0, 0.1) is 0 Å². The van der Waals surface area contributed by atoms with E-state index in [0.717, 1.165) is 34.1 Å². The maximum Gasteiger partial charge on any atom is 0.410 e. The highest BCUT2D eigenvalue weighted by Crippen LogP contribution is 2.26. The normalized spacial score (nSPS) is 16.1. The topological polar surface area (TPSA) is 88.1 Å². The molecule has 1 heterocycles. The Morgan fingerprint density at radius 3 is 2.51 bits per heavy atom. The van der Waals surface area contributed by atoms with E-state index in [1.165, 1.54) is 0 Å². The number of likely N-dealkylation sites (tertiary alicyclic amines) is 1. The number of nitrogens with zero attached hydrogens (tertiary/aromatic N) is 1. The largest absolute Gasteiger partial charge is 0.489 e. The van der Waals surface area contributed by atoms with E-state index in [1.54, 1.807) is 29.2 Å². The van der Waals surface area contributed by atoms with Crippen molar-refractivity contribution >= 4 is 28.9 Å². The van der Waals surface area contributed by atoms with Gasteiger partial charge < -0.3 is 24.8 Å². The lowest BCUT2D eigenvalue weighted by atomic mass is 10.1. The van der Waals surface area contributed by atoms with Gasteiger partial charge in [-0.1, -0.05) is 54.6 Å². The summed E-state index contributed by atoms with van der Waals surface area (Å²) in [6.45, 7) is 7.77. The van der Waals surface area contributed by atoms with Crippen LogP contribution in [0.5, 0.6) is 5.75 Å². The number of fused-ring (bicyclic) bond motifs is 1. The molecule has 2 N–H and O–H groups in total. The van der Waals surface area contributed by atoms with Gasteiger partial charge >= 0.3 is 12.1 Å². The zero-order valence-electron chi connectivity index (χ0n) is 21.6. The molecule has 1 saturated heterocycles. The molecule has 1 aliphatic rings. The van der Waals surface area contributed by atoms with Crippen molar-refractivity contribution in [2.24, 2.45) is 0 Å². The van der Waals surface area contributed by atoms with Gasteiger partial charge in [0.15, 0.2) is 0 Å². The van der Waals surface area contributed by atoms with Crippen molar-refractivity contribution in [3.63, 3.8) is 0 Å². The number of carboxylic acid groups (broad SMARTS) is 1. The molecule has 0 saturated carbocycles. The van der Waals surface area contributed by atoms with Crippen LogP contribution in [-0.2, 0) is 4.74 Å². The van der Waals surface area contributed by atoms with Crippen molar-refractivity contribution in [1.29, 1.82) is 0 Å². The van der Waals surface area contributed by atoms with Gasteiger partial charge in [-0.05, 0) is 61.9 Å². The lowest BCUT2D eigenvalue weighted by Crippen LogP contribution is -2.39. The van der Waals surface area contributed by atoms with Crippen molar-refractivity contribution in [2.75, 3.05) is 26.2 Å². The Labute approximate surface area is 217 Å². The second-order valence-electron chi connectivity index (χ2n) is 10.3. The first-order valence-corrected chi connectivity index (χ1v) is 12.5. The number of nitrogens with one attached hydrogen (secondary N) is 1. The Morgan fingerprint density at radius 2 is 1.78 bits per heavy atom. The van der Waals surface area contributed by atoms with Crippen LogP contribution in [0.3, 0.4) is 0 Å². The van der Waals surface area contributed by atoms with Crippen LogP contribution < -0.4 is 10.1 Å². The Morgan fingerprint density at radius 1 is 1.05 bits per heavy atom. The number of amides is 1. The summed E-state index contributed by atoms with van der Waals surface area (Å²) in [4.78, 5) is 25.4. The molecule has 3 aromatic carbocycles. The van der Waals surface area contributed by atoms with Crippen LogP contribution in [0.15, 0.2) is 72.3 Å². The molecule has 1 aliphatic heterocycles. The Hall–Kier alpha value is -3.84. The molecule has 0 aromatic heterocycles. The number of carbonyl (C=O) groups excluding carboxylic acids is 1. The molecular weight excluding hydrogens is 468 g/mol. The number of rotatable bonds is 8. The molecule has 0 radical (unpaired) electrons. The maximum atomic E-state index is 12.4. The number of carbonyl (C=O) groups is 2. The first kappa shape index (κ1) is 26.2. The third kappa shape index (κ3) is 7.33. The van der Waals surface area contributed by atoms with Crippen molar-refractivity contribution < 1.29 is 24.2 Å². The zero-order valence-corrected chi connectivity index (χ0v) is 21.6. The molecule has 7 nitrogen and oxygen atoms in total. The molecule has 1 atom stereocenters. The summed E-state index contributed by atoms with van der Waals surface area (Å²) in [6, 6.07) is 21.0. The third-order valence-electron chi connectivity index (χ3n) is 6.15. The summed E-state index contributed by atoms with van der Waals surface area (Å²) in [6.07, 6.45) is 2.57. The van der Waals surface area contributed by atoms with Crippen LogP contribution in [-0.4, -0.2) is 60.0 Å². The fourth-order valence-corrected chi connectivity index (χ4v) is 4.29. The van der Waals surface area contributed by atoms with Crippen LogP contribution >= 0.6 is 0 Å². The number of hydrogen-bond acceptors (Lipinski definition) is 5. The predicted octanol–water partition coefficient (Wildman–Crippen LogP) is 5.60. The first-order chi connectivity index (χ1) is 17.7. The van der Waals surface area contributed by atoms with Crippen molar-refractivity contribution in [1.82, 2.24) is 10.2 Å². The molecule has 37 heavy (non-hydrogen) atoms. The molecule has 1 amide bonds. The number of ether oxygens (including phenoxy) is 2. The lowest BCUT2D eigenvalue weighted by Gasteiger charge is -2.24. The SMILES string of the molecule is CC(C)(C)OC(=O)N1CCC(NC/C(=C\c2ccc(C(=O)O)cc2)COc2cccc3ccccc23)C1. The van der Waals surface area contributed by atoms with Gasteiger partial charge in [0, 0.05) is 31.1 Å². The fraction of sp³-hybridized carbons (Fsp3) is 0.333. The summed E-state index contributed by atoms with van der Waals surface area (Å²) in [7, 11) is 0. The van der Waals surface area contributed by atoms with Crippen molar-refractivity contribution in [2.45, 2.75) is 38.8 Å². The summed E-state index contributed by atoms with van der Waals surface area (Å²) in [5, 5.41) is 14.9. The molecular formula is C30H34N2O5. The second kappa shape index (κ2) is 11.5. The Kier molecular flexibility index (Phi) is 8.14. The van der Waals surface area contributed by atoms with Gasteiger partial charge in [0.05, 0.1) is 5.56 Å². The Balaban J connectivity index is 1.45. The van der Waals surface area contributed by atoms with Gasteiger partial charge in [0.25, 0.3) is 0 Å². The highest BCUT2D eigenvalue weighted by atomic mass is 16.6. The van der Waals surface area contributed by atoms with E-state index < -0.39 is 11.6 Å². The first-order valence-electron chi connectivity index (χ1n) is 12.5. The van der Waals surface area contributed by atoms with Gasteiger partial charge in [-0.25, -0.2) is 9.59 Å². The molecule has 0 bridgehead atoms. The van der Waals surface area contributed by atoms with Gasteiger partial charge in [-0.15, -0.1) is 0 Å². The molecule has 1 fully saturated rings. The number of carboxylic acids is 1. The second-order valence-corrected chi connectivity index (χ2v) is 10.3. The molecule has 4 rings (SSSR count). The van der Waals surface area contributed by atoms with Crippen molar-refractivity contribution in [3.8, 4) is 5.75 Å². The van der Waals surface area contributed by atoms with E-state index in [4.69, 9.17) is 9.47 Å². The predicted molar refractivity (Wildman–Crippen MR) is 145 cm³/mol. The van der Waals surface area contributed by atoms with E-state index in [1.807, 2.05) is 57.2 Å². The summed E-state index contributed by atoms with van der Waals surface area (Å²) in [5.74, 6) is -0.144. The molecule has 194 valence electrons. The monoisotopic (exact) mass is 502 g/mol. The maximum absolute atomic E-state index is 12.4. The summed E-state index contributed by atoms with van der Waals surface area (Å²) < 4.78 is 11.8. The quantitative estimate of drug-likeness (QED) is 0.417. The van der Waals surface area contributed by atoms with E-state index >= 15 is 0 Å². The summed E-state index contributed by atoms with van der Waals surface area (Å²) in [5.41, 5.74) is 1.63. The lowest BCUT2D eigenvalue weighted by molar-refractivity contribution is 0.0291. The van der Waals surface area contributed by atoms with Gasteiger partial charge in [-0.3, -0.25) is 0 Å². The van der Waals surface area contributed by atoms with Crippen LogP contribution in [0.1, 0.15) is 43.1 Å². The third-order valence-corrected chi connectivity index (χ3v) is 6.15. The Bertz CT molecular complexity index is 1270. The van der Waals surface area contributed by atoms with Gasteiger partial charge in [0.2, 0.25) is 0 Å². The van der Waals surface area contributed by atoms with E-state index in [0.29, 0.717) is 26.2 Å². The average Bonchev–Trinajstić information content (AvgIpc) is 3.34. The van der Waals surface area contributed by atoms with Crippen LogP contribution in [0.4, 0.5) is 4.79 Å². The van der Waals surface area contributed by atoms with Crippen LogP contribution in [0.2, 0.25) is 0 Å². The smallest absolute Gasteiger partial charge is 0.410 e. The highest BCUT2D eigenvalue weighted by Gasteiger charge is 2.29. The summed E-state index contributed by atoms with van der Waals surface area (Å²) >= 11 is 0. The van der Waals surface area contributed by atoms with Crippen LogP contribution in [0.25, 0.3) is 16.8 Å². The average molecular weight is 503 g/mol. The molecule has 0 spiro atoms. The van der Waals surface area contributed by atoms with Gasteiger partial charge in [0.1, 0.15) is 18.0 Å². The van der Waals surface area contributed by atoms with Gasteiger partial charge in [-0.2, -0.15) is 0 Å². The molecule has 7 heteroatoms. The van der Waals surface area contributed by atoms with E-state index in [9.17, 15) is 14.7 Å². The standard InChI is InChI=1S/C30H34N2O5/c1-30(2,3)37-29(35)32-16-15-25(19-32)31-18-22(17-21-11-13-24(14-12-21)28(33)34)20-36-27-10-6-8-23-7-4-5-9-26(23)27/h4-14,17,25,31H,15-16,18-20H2,1-3H3,(H,33,34)/b22-17+. The van der Waals surface area contributed by atoms with E-state index in [-0.39, 0.29) is 17.7 Å². The zero-order chi connectivity index (χ0) is 26.4. The highest BCUT2D eigenvalue weighted by molar-refractivity contribution is 5.88. The number of hydrogen-bond donors (Lipinski definition) is 2. The minimum absolute atomic E-state index is 0.142. The number of aromatic carboxylic acids is 1. The van der Waals surface area contributed by atoms with E-state index in [2.05, 4.69) is 17.4 Å². The van der Waals surface area contributed by atoms with Crippen molar-refractivity contribution in [3.05, 3.63) is 83.4 Å². The number of benzene rings is 3. The molecule has 0 aliphatic carbocycles.